The molecule has 0 N–H and O–H groups in total. The quantitative estimate of drug-likeness (QED) is 0.661. The van der Waals surface area contributed by atoms with Crippen LogP contribution in [0.3, 0.4) is 0 Å². The number of nitrogens with zero attached hydrogens (tertiary/aromatic N) is 2. The average Bonchev–Trinajstić information content (AvgIpc) is 3.28. The monoisotopic (exact) mass is 414 g/mol. The van der Waals surface area contributed by atoms with Crippen LogP contribution in [-0.2, 0) is 21.3 Å². The second-order valence-electron chi connectivity index (χ2n) is 8.56. The van der Waals surface area contributed by atoms with Gasteiger partial charge in [-0.1, -0.05) is 12.1 Å². The van der Waals surface area contributed by atoms with E-state index in [9.17, 15) is 9.59 Å². The van der Waals surface area contributed by atoms with Crippen LogP contribution in [-0.4, -0.2) is 40.0 Å². The fourth-order valence-electron chi connectivity index (χ4n) is 3.64. The minimum atomic E-state index is -0.584. The van der Waals surface area contributed by atoms with Crippen molar-refractivity contribution in [3.63, 3.8) is 0 Å². The van der Waals surface area contributed by atoms with Gasteiger partial charge in [0.25, 0.3) is 0 Å². The fraction of sp³-hybridized carbons (Fsp3) is 0.522. The molecule has 0 radical (unpaired) electrons. The van der Waals surface area contributed by atoms with Crippen LogP contribution >= 0.6 is 0 Å². The van der Waals surface area contributed by atoms with Crippen molar-refractivity contribution in [3.05, 3.63) is 36.2 Å². The van der Waals surface area contributed by atoms with Crippen LogP contribution < -0.4 is 4.74 Å². The van der Waals surface area contributed by atoms with Crippen LogP contribution in [0.5, 0.6) is 5.75 Å². The maximum atomic E-state index is 12.6. The highest BCUT2D eigenvalue weighted by atomic mass is 16.6. The van der Waals surface area contributed by atoms with Crippen LogP contribution in [0, 0.1) is 5.92 Å². The van der Waals surface area contributed by atoms with Gasteiger partial charge in [0.2, 0.25) is 0 Å². The molecule has 2 atom stereocenters. The van der Waals surface area contributed by atoms with E-state index >= 15 is 0 Å². The lowest BCUT2D eigenvalue weighted by molar-refractivity contribution is -0.147. The Morgan fingerprint density at radius 1 is 1.17 bits per heavy atom. The van der Waals surface area contributed by atoms with Crippen LogP contribution in [0.1, 0.15) is 57.4 Å². The minimum absolute atomic E-state index is 0.000900. The highest BCUT2D eigenvalue weighted by molar-refractivity contribution is 5.95. The molecule has 1 aromatic carbocycles. The third kappa shape index (κ3) is 5.20. The van der Waals surface area contributed by atoms with E-state index in [1.54, 1.807) is 13.2 Å². The molecular weight excluding hydrogens is 384 g/mol. The van der Waals surface area contributed by atoms with Crippen LogP contribution in [0.15, 0.2) is 30.5 Å². The Morgan fingerprint density at radius 3 is 2.50 bits per heavy atom. The first-order valence-corrected chi connectivity index (χ1v) is 10.4. The number of ether oxygens (including phenoxy) is 3. The van der Waals surface area contributed by atoms with Crippen molar-refractivity contribution < 1.29 is 23.8 Å². The van der Waals surface area contributed by atoms with Crippen LogP contribution in [0.2, 0.25) is 0 Å². The van der Waals surface area contributed by atoms with Gasteiger partial charge in [0.1, 0.15) is 11.4 Å². The molecule has 2 aromatic rings. The summed E-state index contributed by atoms with van der Waals surface area (Å²) in [4.78, 5) is 24.5. The second kappa shape index (κ2) is 8.90. The molecule has 1 saturated carbocycles. The molecule has 0 spiro atoms. The summed E-state index contributed by atoms with van der Waals surface area (Å²) in [6.45, 7) is 7.73. The molecule has 1 aliphatic rings. The van der Waals surface area contributed by atoms with Crippen molar-refractivity contribution in [1.82, 2.24) is 9.78 Å². The molecule has 7 nitrogen and oxygen atoms in total. The molecule has 0 aliphatic heterocycles. The molecule has 1 fully saturated rings. The van der Waals surface area contributed by atoms with E-state index in [0.29, 0.717) is 24.3 Å². The van der Waals surface area contributed by atoms with Gasteiger partial charge in [-0.15, -0.1) is 0 Å². The van der Waals surface area contributed by atoms with Crippen molar-refractivity contribution in [2.75, 3.05) is 6.61 Å². The lowest BCUT2D eigenvalue weighted by atomic mass is 10.1. The highest BCUT2D eigenvalue weighted by Gasteiger charge is 2.32. The number of rotatable bonds is 6. The van der Waals surface area contributed by atoms with E-state index in [4.69, 9.17) is 14.2 Å². The smallest absolute Gasteiger partial charge is 0.357 e. The van der Waals surface area contributed by atoms with Gasteiger partial charge in [-0.25, -0.2) is 4.79 Å². The van der Waals surface area contributed by atoms with Gasteiger partial charge < -0.3 is 14.2 Å². The fourth-order valence-corrected chi connectivity index (χ4v) is 3.64. The molecule has 0 unspecified atom stereocenters. The number of carbonyl (C=O) groups excluding carboxylic acids is 2. The normalized spacial score (nSPS) is 18.8. The summed E-state index contributed by atoms with van der Waals surface area (Å²) in [7, 11) is 1.72. The molecular formula is C23H30N2O5. The first-order chi connectivity index (χ1) is 14.2. The van der Waals surface area contributed by atoms with Gasteiger partial charge in [-0.05, 0) is 64.7 Å². The molecule has 1 heterocycles. The summed E-state index contributed by atoms with van der Waals surface area (Å²) in [5, 5.41) is 4.23. The van der Waals surface area contributed by atoms with Gasteiger partial charge >= 0.3 is 11.9 Å². The van der Waals surface area contributed by atoms with E-state index in [-0.39, 0.29) is 18.0 Å². The Labute approximate surface area is 177 Å². The molecule has 7 heteroatoms. The van der Waals surface area contributed by atoms with Crippen molar-refractivity contribution in [2.24, 2.45) is 13.0 Å². The van der Waals surface area contributed by atoms with Gasteiger partial charge in [-0.2, -0.15) is 5.10 Å². The maximum Gasteiger partial charge on any atom is 0.357 e. The van der Waals surface area contributed by atoms with E-state index in [1.807, 2.05) is 52.0 Å². The number of aryl methyl sites for hydroxylation is 1. The Morgan fingerprint density at radius 2 is 1.87 bits per heavy atom. The zero-order chi connectivity index (χ0) is 21.9. The van der Waals surface area contributed by atoms with Gasteiger partial charge in [0.05, 0.1) is 24.8 Å². The summed E-state index contributed by atoms with van der Waals surface area (Å²) in [6, 6.07) is 7.55. The molecule has 162 valence electrons. The third-order valence-electron chi connectivity index (χ3n) is 5.00. The number of aromatic nitrogens is 2. The Kier molecular flexibility index (Phi) is 6.48. The summed E-state index contributed by atoms with van der Waals surface area (Å²) in [5.74, 6) is 0.107. The van der Waals surface area contributed by atoms with Crippen molar-refractivity contribution in [1.29, 1.82) is 0 Å². The third-order valence-corrected chi connectivity index (χ3v) is 5.00. The number of hydrogen-bond donors (Lipinski definition) is 0. The van der Waals surface area contributed by atoms with Gasteiger partial charge in [0.15, 0.2) is 5.69 Å². The topological polar surface area (TPSA) is 79.7 Å². The zero-order valence-corrected chi connectivity index (χ0v) is 18.3. The minimum Gasteiger partial charge on any atom is -0.490 e. The highest BCUT2D eigenvalue weighted by Crippen LogP contribution is 2.32. The summed E-state index contributed by atoms with van der Waals surface area (Å²) < 4.78 is 18.2. The van der Waals surface area contributed by atoms with E-state index in [2.05, 4.69) is 5.10 Å². The van der Waals surface area contributed by atoms with Crippen LogP contribution in [0.25, 0.3) is 11.1 Å². The maximum absolute atomic E-state index is 12.6. The predicted molar refractivity (Wildman–Crippen MR) is 112 cm³/mol. The lowest BCUT2D eigenvalue weighted by Gasteiger charge is -2.20. The Hall–Kier alpha value is -2.83. The number of carbonyl (C=O) groups is 2. The lowest BCUT2D eigenvalue weighted by Crippen LogP contribution is -2.25. The SMILES string of the molecule is CCOC(=O)[C@H]1CC[C@H](Oc2ccc(-c3cnn(C)c3C(=O)OC(C)(C)C)cc2)C1. The van der Waals surface area contributed by atoms with E-state index in [1.165, 1.54) is 4.68 Å². The zero-order valence-electron chi connectivity index (χ0n) is 18.3. The second-order valence-corrected chi connectivity index (χ2v) is 8.56. The van der Waals surface area contributed by atoms with E-state index < -0.39 is 11.6 Å². The number of hydrogen-bond acceptors (Lipinski definition) is 6. The van der Waals surface area contributed by atoms with E-state index in [0.717, 1.165) is 24.2 Å². The molecule has 0 amide bonds. The largest absolute Gasteiger partial charge is 0.490 e. The summed E-state index contributed by atoms with van der Waals surface area (Å²) in [6.07, 6.45) is 3.95. The van der Waals surface area contributed by atoms with Crippen molar-refractivity contribution in [2.45, 2.75) is 58.7 Å². The predicted octanol–water partition coefficient (Wildman–Crippen LogP) is 4.15. The van der Waals surface area contributed by atoms with Crippen molar-refractivity contribution >= 4 is 11.9 Å². The molecule has 0 saturated heterocycles. The summed E-state index contributed by atoms with van der Waals surface area (Å²) in [5.41, 5.74) is 1.39. The standard InChI is InChI=1S/C23H30N2O5/c1-6-28-21(26)16-9-12-18(13-16)29-17-10-7-15(8-11-17)19-14-24-25(5)20(19)22(27)30-23(2,3)4/h7-8,10-11,14,16,18H,6,9,12-13H2,1-5H3/t16-,18-/m0/s1. The molecule has 0 bridgehead atoms. The molecule has 1 aliphatic carbocycles. The first-order valence-electron chi connectivity index (χ1n) is 10.4. The number of benzene rings is 1. The molecule has 30 heavy (non-hydrogen) atoms. The van der Waals surface area contributed by atoms with Gasteiger partial charge in [-0.3, -0.25) is 9.48 Å². The first kappa shape index (κ1) is 21.9. The Balaban J connectivity index is 1.69. The van der Waals surface area contributed by atoms with Crippen molar-refractivity contribution in [3.8, 4) is 16.9 Å². The molecule has 1 aromatic heterocycles. The van der Waals surface area contributed by atoms with Gasteiger partial charge in [0, 0.05) is 12.6 Å². The van der Waals surface area contributed by atoms with Crippen LogP contribution in [0.4, 0.5) is 0 Å². The Bertz CT molecular complexity index is 895. The summed E-state index contributed by atoms with van der Waals surface area (Å²) >= 11 is 0. The number of esters is 2. The average molecular weight is 415 g/mol. The molecule has 3 rings (SSSR count).